The van der Waals surface area contributed by atoms with Crippen molar-refractivity contribution in [3.05, 3.63) is 35.9 Å². The van der Waals surface area contributed by atoms with Crippen molar-refractivity contribution in [1.29, 1.82) is 0 Å². The number of hydrogen-bond acceptors (Lipinski definition) is 4. The van der Waals surface area contributed by atoms with Gasteiger partial charge in [0.05, 0.1) is 12.6 Å². The number of ether oxygens (including phenoxy) is 2. The van der Waals surface area contributed by atoms with E-state index < -0.39 is 23.5 Å². The van der Waals surface area contributed by atoms with Crippen LogP contribution in [0.1, 0.15) is 46.3 Å². The minimum atomic E-state index is -0.851. The van der Waals surface area contributed by atoms with Crippen molar-refractivity contribution in [3.8, 4) is 0 Å². The Hall–Kier alpha value is -1.59. The Morgan fingerprint density at radius 2 is 1.91 bits per heavy atom. The lowest BCUT2D eigenvalue weighted by molar-refractivity contribution is -0.0799. The van der Waals surface area contributed by atoms with Gasteiger partial charge >= 0.3 is 6.09 Å². The van der Waals surface area contributed by atoms with Crippen LogP contribution in [-0.2, 0) is 9.47 Å². The van der Waals surface area contributed by atoms with Gasteiger partial charge in [-0.3, -0.25) is 4.90 Å². The number of carbonyl (C=O) groups is 1. The molecule has 0 aliphatic carbocycles. The molecule has 122 valence electrons. The minimum absolute atomic E-state index is 0.192. The molecule has 1 aliphatic heterocycles. The summed E-state index contributed by atoms with van der Waals surface area (Å²) < 4.78 is 11.5. The van der Waals surface area contributed by atoms with E-state index in [-0.39, 0.29) is 12.7 Å². The summed E-state index contributed by atoms with van der Waals surface area (Å²) in [5, 5.41) is 9.82. The third-order valence-corrected chi connectivity index (χ3v) is 3.58. The van der Waals surface area contributed by atoms with Gasteiger partial charge < -0.3 is 14.6 Å². The zero-order valence-electron chi connectivity index (χ0n) is 13.9. The number of amides is 1. The molecule has 1 saturated heterocycles. The second kappa shape index (κ2) is 5.89. The largest absolute Gasteiger partial charge is 0.444 e. The van der Waals surface area contributed by atoms with E-state index in [2.05, 4.69) is 0 Å². The summed E-state index contributed by atoms with van der Waals surface area (Å²) in [7, 11) is 0. The summed E-state index contributed by atoms with van der Waals surface area (Å²) >= 11 is 0. The molecule has 1 aromatic rings. The number of aliphatic hydroxyl groups excluding tert-OH is 1. The maximum absolute atomic E-state index is 12.5. The van der Waals surface area contributed by atoms with Crippen molar-refractivity contribution >= 4 is 6.09 Å². The van der Waals surface area contributed by atoms with Crippen molar-refractivity contribution in [3.63, 3.8) is 0 Å². The lowest BCUT2D eigenvalue weighted by Gasteiger charge is -2.34. The fourth-order valence-corrected chi connectivity index (χ4v) is 2.76. The van der Waals surface area contributed by atoms with E-state index in [4.69, 9.17) is 9.47 Å². The average molecular weight is 307 g/mol. The van der Waals surface area contributed by atoms with Gasteiger partial charge in [-0.2, -0.15) is 0 Å². The van der Waals surface area contributed by atoms with E-state index in [1.807, 2.05) is 65.0 Å². The standard InChI is InChI=1S/C17H25NO4/c1-16(2,3)22-15(20)18-13(11-19)14(21-17(18,4)5)12-9-7-6-8-10-12/h6-10,13-14,19H,11H2,1-5H3/t13-,14?/m1/s1. The highest BCUT2D eigenvalue weighted by Crippen LogP contribution is 2.41. The van der Waals surface area contributed by atoms with Gasteiger partial charge in [-0.1, -0.05) is 30.3 Å². The summed E-state index contributed by atoms with van der Waals surface area (Å²) in [6.07, 6.45) is -0.858. The molecule has 22 heavy (non-hydrogen) atoms. The maximum atomic E-state index is 12.5. The van der Waals surface area contributed by atoms with Crippen LogP contribution >= 0.6 is 0 Å². The van der Waals surface area contributed by atoms with Gasteiger partial charge in [-0.15, -0.1) is 0 Å². The first kappa shape index (κ1) is 16.8. The fourth-order valence-electron chi connectivity index (χ4n) is 2.76. The van der Waals surface area contributed by atoms with Crippen LogP contribution in [0.3, 0.4) is 0 Å². The first-order valence-corrected chi connectivity index (χ1v) is 7.51. The number of hydrogen-bond donors (Lipinski definition) is 1. The molecule has 5 nitrogen and oxygen atoms in total. The molecule has 1 amide bonds. The Bertz CT molecular complexity index is 521. The van der Waals surface area contributed by atoms with Gasteiger partial charge in [-0.05, 0) is 40.2 Å². The predicted octanol–water partition coefficient (Wildman–Crippen LogP) is 3.09. The van der Waals surface area contributed by atoms with Gasteiger partial charge in [0.2, 0.25) is 0 Å². The number of carbonyl (C=O) groups excluding carboxylic acids is 1. The first-order valence-electron chi connectivity index (χ1n) is 7.51. The van der Waals surface area contributed by atoms with Gasteiger partial charge in [0.1, 0.15) is 17.4 Å². The second-order valence-electron chi connectivity index (χ2n) is 7.00. The van der Waals surface area contributed by atoms with Crippen molar-refractivity contribution in [2.24, 2.45) is 0 Å². The van der Waals surface area contributed by atoms with Crippen LogP contribution in [0.25, 0.3) is 0 Å². The predicted molar refractivity (Wildman–Crippen MR) is 83.3 cm³/mol. The van der Waals surface area contributed by atoms with Crippen LogP contribution in [-0.4, -0.2) is 40.1 Å². The molecule has 1 N–H and O–H groups in total. The quantitative estimate of drug-likeness (QED) is 0.912. The number of nitrogens with zero attached hydrogens (tertiary/aromatic N) is 1. The molecule has 5 heteroatoms. The Labute approximate surface area is 131 Å². The highest BCUT2D eigenvalue weighted by atomic mass is 16.6. The van der Waals surface area contributed by atoms with Crippen LogP contribution in [0.15, 0.2) is 30.3 Å². The molecule has 0 radical (unpaired) electrons. The van der Waals surface area contributed by atoms with Gasteiger partial charge in [-0.25, -0.2) is 4.79 Å². The van der Waals surface area contributed by atoms with Crippen molar-refractivity contribution in [1.82, 2.24) is 4.90 Å². The Morgan fingerprint density at radius 1 is 1.32 bits per heavy atom. The third kappa shape index (κ3) is 3.42. The lowest BCUT2D eigenvalue weighted by atomic mass is 10.0. The van der Waals surface area contributed by atoms with E-state index in [1.54, 1.807) is 0 Å². The lowest BCUT2D eigenvalue weighted by Crippen LogP contribution is -2.51. The van der Waals surface area contributed by atoms with Gasteiger partial charge in [0, 0.05) is 0 Å². The van der Waals surface area contributed by atoms with Gasteiger partial charge in [0.25, 0.3) is 0 Å². The molecule has 2 rings (SSSR count). The number of aliphatic hydroxyl groups is 1. The summed E-state index contributed by atoms with van der Waals surface area (Å²) in [6, 6.07) is 9.13. The molecular weight excluding hydrogens is 282 g/mol. The molecule has 1 aromatic carbocycles. The SMILES string of the molecule is CC(C)(C)OC(=O)N1[C@H](CO)C(c2ccccc2)OC1(C)C. The van der Waals surface area contributed by atoms with Crippen LogP contribution in [0, 0.1) is 0 Å². The topological polar surface area (TPSA) is 59.0 Å². The van der Waals surface area contributed by atoms with Crippen molar-refractivity contribution in [2.45, 2.75) is 58.1 Å². The molecule has 1 heterocycles. The van der Waals surface area contributed by atoms with E-state index in [1.165, 1.54) is 4.90 Å². The number of rotatable bonds is 2. The summed E-state index contributed by atoms with van der Waals surface area (Å²) in [5.74, 6) is 0. The van der Waals surface area contributed by atoms with E-state index in [0.717, 1.165) is 5.56 Å². The normalized spacial score (nSPS) is 24.4. The van der Waals surface area contributed by atoms with Crippen molar-refractivity contribution < 1.29 is 19.4 Å². The average Bonchev–Trinajstić information content (AvgIpc) is 2.68. The van der Waals surface area contributed by atoms with Crippen molar-refractivity contribution in [2.75, 3.05) is 6.61 Å². The molecule has 1 unspecified atom stereocenters. The highest BCUT2D eigenvalue weighted by molar-refractivity contribution is 5.70. The summed E-state index contributed by atoms with van der Waals surface area (Å²) in [4.78, 5) is 14.0. The molecule has 0 saturated carbocycles. The zero-order valence-corrected chi connectivity index (χ0v) is 13.9. The Morgan fingerprint density at radius 3 is 2.41 bits per heavy atom. The molecule has 1 aliphatic rings. The molecular formula is C17H25NO4. The minimum Gasteiger partial charge on any atom is -0.444 e. The van der Waals surface area contributed by atoms with Crippen LogP contribution in [0.4, 0.5) is 4.79 Å². The molecule has 2 atom stereocenters. The molecule has 0 bridgehead atoms. The van der Waals surface area contributed by atoms with E-state index in [0.29, 0.717) is 0 Å². The van der Waals surface area contributed by atoms with Crippen LogP contribution in [0.5, 0.6) is 0 Å². The smallest absolute Gasteiger partial charge is 0.413 e. The monoisotopic (exact) mass is 307 g/mol. The molecule has 1 fully saturated rings. The maximum Gasteiger partial charge on any atom is 0.413 e. The Kier molecular flexibility index (Phi) is 4.49. The van der Waals surface area contributed by atoms with Gasteiger partial charge in [0.15, 0.2) is 0 Å². The Balaban J connectivity index is 2.31. The second-order valence-corrected chi connectivity index (χ2v) is 7.00. The van der Waals surface area contributed by atoms with E-state index in [9.17, 15) is 9.90 Å². The number of benzene rings is 1. The van der Waals surface area contributed by atoms with Crippen LogP contribution in [0.2, 0.25) is 0 Å². The fraction of sp³-hybridized carbons (Fsp3) is 0.588. The summed E-state index contributed by atoms with van der Waals surface area (Å²) in [5.41, 5.74) is -0.519. The molecule has 0 aromatic heterocycles. The summed E-state index contributed by atoms with van der Waals surface area (Å²) in [6.45, 7) is 8.87. The third-order valence-electron chi connectivity index (χ3n) is 3.58. The zero-order chi connectivity index (χ0) is 16.5. The van der Waals surface area contributed by atoms with E-state index >= 15 is 0 Å². The highest BCUT2D eigenvalue weighted by Gasteiger charge is 2.51. The van der Waals surface area contributed by atoms with Crippen LogP contribution < -0.4 is 0 Å². The first-order chi connectivity index (χ1) is 10.2. The molecule has 0 spiro atoms.